The van der Waals surface area contributed by atoms with E-state index in [4.69, 9.17) is 21.7 Å². The molecule has 1 aliphatic heterocycles. The summed E-state index contributed by atoms with van der Waals surface area (Å²) in [5.41, 5.74) is 0.540. The van der Waals surface area contributed by atoms with Crippen molar-refractivity contribution in [2.75, 3.05) is 26.8 Å². The molecule has 1 saturated heterocycles. The van der Waals surface area contributed by atoms with Crippen LogP contribution in [-0.4, -0.2) is 48.8 Å². The van der Waals surface area contributed by atoms with Crippen molar-refractivity contribution in [3.05, 3.63) is 28.2 Å². The van der Waals surface area contributed by atoms with Gasteiger partial charge in [-0.1, -0.05) is 0 Å². The summed E-state index contributed by atoms with van der Waals surface area (Å²) < 4.78 is 11.7. The third-order valence-electron chi connectivity index (χ3n) is 4.55. The molecule has 1 amide bonds. The number of nitrogens with one attached hydrogen (secondary N) is 1. The fourth-order valence-electron chi connectivity index (χ4n) is 2.94. The number of thiocarbonyl (C=S) groups is 1. The summed E-state index contributed by atoms with van der Waals surface area (Å²) in [7, 11) is 1.59. The van der Waals surface area contributed by atoms with Crippen LogP contribution in [0.4, 0.5) is 0 Å². The van der Waals surface area contributed by atoms with E-state index in [0.29, 0.717) is 22.3 Å². The summed E-state index contributed by atoms with van der Waals surface area (Å²) in [4.78, 5) is 14.6. The van der Waals surface area contributed by atoms with Gasteiger partial charge in [0.1, 0.15) is 5.75 Å². The molecule has 2 fully saturated rings. The molecule has 1 heterocycles. The SMILES string of the molecule is COc1ccc(C(=O)NC(=S)N(CC2CC2)C[C@@H]2CCCO2)cc1Br. The van der Waals surface area contributed by atoms with Crippen LogP contribution in [-0.2, 0) is 4.74 Å². The number of amides is 1. The van der Waals surface area contributed by atoms with Gasteiger partial charge >= 0.3 is 0 Å². The molecule has 0 radical (unpaired) electrons. The number of nitrogens with zero attached hydrogens (tertiary/aromatic N) is 1. The Morgan fingerprint density at radius 3 is 2.80 bits per heavy atom. The smallest absolute Gasteiger partial charge is 0.257 e. The average molecular weight is 427 g/mol. The second-order valence-corrected chi connectivity index (χ2v) is 7.83. The molecule has 1 N–H and O–H groups in total. The lowest BCUT2D eigenvalue weighted by Crippen LogP contribution is -2.46. The van der Waals surface area contributed by atoms with Crippen molar-refractivity contribution < 1.29 is 14.3 Å². The van der Waals surface area contributed by atoms with Crippen LogP contribution in [0.25, 0.3) is 0 Å². The predicted octanol–water partition coefficient (Wildman–Crippen LogP) is 3.36. The normalized spacial score (nSPS) is 19.5. The Hall–Kier alpha value is -1.18. The molecular formula is C18H23BrN2O3S. The van der Waals surface area contributed by atoms with Gasteiger partial charge in [-0.05, 0) is 77.9 Å². The molecular weight excluding hydrogens is 404 g/mol. The standard InChI is InChI=1S/C18H23BrN2O3S/c1-23-16-7-6-13(9-15(16)19)17(22)20-18(25)21(10-12-4-5-12)11-14-3-2-8-24-14/h6-7,9,12,14H,2-5,8,10-11H2,1H3,(H,20,22,25)/t14-/m0/s1. The van der Waals surface area contributed by atoms with E-state index in [1.807, 2.05) is 0 Å². The molecule has 0 aromatic heterocycles. The molecule has 2 aliphatic rings. The minimum Gasteiger partial charge on any atom is -0.496 e. The molecule has 1 aliphatic carbocycles. The Kier molecular flexibility index (Phi) is 6.30. The Morgan fingerprint density at radius 1 is 1.40 bits per heavy atom. The number of rotatable bonds is 6. The molecule has 25 heavy (non-hydrogen) atoms. The second-order valence-electron chi connectivity index (χ2n) is 6.59. The van der Waals surface area contributed by atoms with Crippen molar-refractivity contribution in [1.82, 2.24) is 10.2 Å². The molecule has 136 valence electrons. The number of halogens is 1. The Balaban J connectivity index is 1.62. The van der Waals surface area contributed by atoms with Crippen LogP contribution < -0.4 is 10.1 Å². The first kappa shape index (κ1) is 18.6. The van der Waals surface area contributed by atoms with Gasteiger partial charge in [0.25, 0.3) is 5.91 Å². The number of carbonyl (C=O) groups is 1. The average Bonchev–Trinajstić information content (AvgIpc) is 3.26. The molecule has 1 aromatic rings. The van der Waals surface area contributed by atoms with Crippen LogP contribution >= 0.6 is 28.1 Å². The van der Waals surface area contributed by atoms with Crippen molar-refractivity contribution in [1.29, 1.82) is 0 Å². The van der Waals surface area contributed by atoms with E-state index in [0.717, 1.165) is 37.0 Å². The highest BCUT2D eigenvalue weighted by atomic mass is 79.9. The Morgan fingerprint density at radius 2 is 2.20 bits per heavy atom. The van der Waals surface area contributed by atoms with Crippen LogP contribution in [0.1, 0.15) is 36.0 Å². The Bertz CT molecular complexity index is 645. The summed E-state index contributed by atoms with van der Waals surface area (Å²) in [5, 5.41) is 3.35. The zero-order chi connectivity index (χ0) is 17.8. The maximum Gasteiger partial charge on any atom is 0.257 e. The van der Waals surface area contributed by atoms with Crippen LogP contribution in [0.5, 0.6) is 5.75 Å². The maximum absolute atomic E-state index is 12.5. The molecule has 0 bridgehead atoms. The van der Waals surface area contributed by atoms with Crippen LogP contribution in [0.2, 0.25) is 0 Å². The minimum absolute atomic E-state index is 0.207. The third-order valence-corrected chi connectivity index (χ3v) is 5.53. The van der Waals surface area contributed by atoms with E-state index >= 15 is 0 Å². The van der Waals surface area contributed by atoms with E-state index in [9.17, 15) is 4.79 Å². The van der Waals surface area contributed by atoms with Gasteiger partial charge in [-0.15, -0.1) is 0 Å². The number of methoxy groups -OCH3 is 1. The van der Waals surface area contributed by atoms with E-state index in [2.05, 4.69) is 26.1 Å². The zero-order valence-electron chi connectivity index (χ0n) is 14.3. The first-order chi connectivity index (χ1) is 12.1. The van der Waals surface area contributed by atoms with Gasteiger partial charge < -0.3 is 14.4 Å². The van der Waals surface area contributed by atoms with Crippen LogP contribution in [0.15, 0.2) is 22.7 Å². The van der Waals surface area contributed by atoms with E-state index in [1.165, 1.54) is 12.8 Å². The van der Waals surface area contributed by atoms with Gasteiger partial charge in [0.2, 0.25) is 0 Å². The fourth-order valence-corrected chi connectivity index (χ4v) is 3.72. The number of hydrogen-bond acceptors (Lipinski definition) is 4. The molecule has 0 spiro atoms. The van der Waals surface area contributed by atoms with Gasteiger partial charge in [-0.3, -0.25) is 10.1 Å². The van der Waals surface area contributed by atoms with Crippen LogP contribution in [0, 0.1) is 5.92 Å². The van der Waals surface area contributed by atoms with Gasteiger partial charge in [0.05, 0.1) is 17.7 Å². The summed E-state index contributed by atoms with van der Waals surface area (Å²) in [6.45, 7) is 2.47. The van der Waals surface area contributed by atoms with E-state index in [-0.39, 0.29) is 12.0 Å². The van der Waals surface area contributed by atoms with Crippen molar-refractivity contribution in [3.8, 4) is 5.75 Å². The zero-order valence-corrected chi connectivity index (χ0v) is 16.7. The van der Waals surface area contributed by atoms with E-state index in [1.54, 1.807) is 25.3 Å². The summed E-state index contributed by atoms with van der Waals surface area (Å²) in [5.74, 6) is 1.17. The lowest BCUT2D eigenvalue weighted by molar-refractivity contribution is 0.0879. The highest BCUT2D eigenvalue weighted by Crippen LogP contribution is 2.30. The molecule has 7 heteroatoms. The molecule has 1 aromatic carbocycles. The predicted molar refractivity (Wildman–Crippen MR) is 104 cm³/mol. The van der Waals surface area contributed by atoms with Gasteiger partial charge in [0.15, 0.2) is 5.11 Å². The van der Waals surface area contributed by atoms with Crippen molar-refractivity contribution in [2.24, 2.45) is 5.92 Å². The summed E-state index contributed by atoms with van der Waals surface area (Å²) in [6.07, 6.45) is 4.85. The quantitative estimate of drug-likeness (QED) is 0.706. The summed E-state index contributed by atoms with van der Waals surface area (Å²) >= 11 is 8.92. The Labute approximate surface area is 162 Å². The van der Waals surface area contributed by atoms with Gasteiger partial charge in [-0.2, -0.15) is 0 Å². The largest absolute Gasteiger partial charge is 0.496 e. The molecule has 1 saturated carbocycles. The molecule has 1 atom stereocenters. The number of carbonyl (C=O) groups excluding carboxylic acids is 1. The first-order valence-electron chi connectivity index (χ1n) is 8.62. The lowest BCUT2D eigenvalue weighted by atomic mass is 10.2. The topological polar surface area (TPSA) is 50.8 Å². The maximum atomic E-state index is 12.5. The molecule has 3 rings (SSSR count). The van der Waals surface area contributed by atoms with E-state index < -0.39 is 0 Å². The van der Waals surface area contributed by atoms with Crippen molar-refractivity contribution in [3.63, 3.8) is 0 Å². The van der Waals surface area contributed by atoms with Crippen LogP contribution in [0.3, 0.4) is 0 Å². The number of hydrogen-bond donors (Lipinski definition) is 1. The van der Waals surface area contributed by atoms with Gasteiger partial charge in [0, 0.05) is 25.3 Å². The first-order valence-corrected chi connectivity index (χ1v) is 9.82. The third kappa shape index (κ3) is 5.15. The van der Waals surface area contributed by atoms with Crippen molar-refractivity contribution in [2.45, 2.75) is 31.8 Å². The lowest BCUT2D eigenvalue weighted by Gasteiger charge is -2.28. The summed E-state index contributed by atoms with van der Waals surface area (Å²) in [6, 6.07) is 5.23. The van der Waals surface area contributed by atoms with Crippen molar-refractivity contribution >= 4 is 39.2 Å². The highest BCUT2D eigenvalue weighted by Gasteiger charge is 2.28. The van der Waals surface area contributed by atoms with Gasteiger partial charge in [-0.25, -0.2) is 0 Å². The number of ether oxygens (including phenoxy) is 2. The second kappa shape index (κ2) is 8.47. The fraction of sp³-hybridized carbons (Fsp3) is 0.556. The monoisotopic (exact) mass is 426 g/mol. The molecule has 0 unspecified atom stereocenters. The molecule has 5 nitrogen and oxygen atoms in total. The minimum atomic E-state index is -0.207. The highest BCUT2D eigenvalue weighted by molar-refractivity contribution is 9.10. The number of benzene rings is 1.